The van der Waals surface area contributed by atoms with E-state index in [0.717, 1.165) is 11.6 Å². The largest absolute Gasteiger partial charge is 0.478 e. The SMILES string of the molecule is Cc1nn(Cc2ccc(C(=O)O)cc2)c(C)c1NC(=O)c1cc(C(F)(F)F)nc2ccc(Br)cc12. The monoisotopic (exact) mass is 546 g/mol. The third kappa shape index (κ3) is 5.04. The Bertz CT molecular complexity index is 1460. The molecule has 35 heavy (non-hydrogen) atoms. The Kier molecular flexibility index (Phi) is 6.37. The number of rotatable bonds is 5. The number of aryl methyl sites for hydroxylation is 1. The van der Waals surface area contributed by atoms with Gasteiger partial charge in [0, 0.05) is 9.86 Å². The molecule has 11 heteroatoms. The zero-order valence-corrected chi connectivity index (χ0v) is 20.0. The highest BCUT2D eigenvalue weighted by molar-refractivity contribution is 9.10. The first-order valence-electron chi connectivity index (χ1n) is 10.3. The summed E-state index contributed by atoms with van der Waals surface area (Å²) in [5.41, 5.74) is 1.11. The Morgan fingerprint density at radius 2 is 1.77 bits per heavy atom. The summed E-state index contributed by atoms with van der Waals surface area (Å²) in [6, 6.07) is 11.5. The lowest BCUT2D eigenvalue weighted by Crippen LogP contribution is -2.17. The topological polar surface area (TPSA) is 97.1 Å². The third-order valence-electron chi connectivity index (χ3n) is 5.46. The van der Waals surface area contributed by atoms with Gasteiger partial charge in [-0.15, -0.1) is 0 Å². The average molecular weight is 547 g/mol. The van der Waals surface area contributed by atoms with Crippen molar-refractivity contribution in [2.45, 2.75) is 26.6 Å². The van der Waals surface area contributed by atoms with Crippen molar-refractivity contribution >= 4 is 44.4 Å². The maximum atomic E-state index is 13.4. The van der Waals surface area contributed by atoms with Gasteiger partial charge in [-0.1, -0.05) is 28.1 Å². The summed E-state index contributed by atoms with van der Waals surface area (Å²) in [6.45, 7) is 3.71. The number of nitrogens with zero attached hydrogens (tertiary/aromatic N) is 3. The van der Waals surface area contributed by atoms with Crippen LogP contribution in [0.4, 0.5) is 18.9 Å². The van der Waals surface area contributed by atoms with Crippen LogP contribution in [0.25, 0.3) is 10.9 Å². The molecule has 0 bridgehead atoms. The van der Waals surface area contributed by atoms with Crippen molar-refractivity contribution in [3.05, 3.63) is 86.8 Å². The first-order chi connectivity index (χ1) is 16.4. The van der Waals surface area contributed by atoms with Gasteiger partial charge in [0.2, 0.25) is 0 Å². The number of fused-ring (bicyclic) bond motifs is 1. The van der Waals surface area contributed by atoms with Crippen molar-refractivity contribution in [1.29, 1.82) is 0 Å². The zero-order chi connectivity index (χ0) is 25.5. The molecule has 2 N–H and O–H groups in total. The lowest BCUT2D eigenvalue weighted by Gasteiger charge is -2.13. The van der Waals surface area contributed by atoms with Crippen LogP contribution >= 0.6 is 15.9 Å². The molecule has 0 fully saturated rings. The van der Waals surface area contributed by atoms with Gasteiger partial charge < -0.3 is 10.4 Å². The maximum Gasteiger partial charge on any atom is 0.433 e. The minimum absolute atomic E-state index is 0.0436. The van der Waals surface area contributed by atoms with Gasteiger partial charge in [-0.3, -0.25) is 9.48 Å². The number of carboxylic acid groups (broad SMARTS) is 1. The normalized spacial score (nSPS) is 11.6. The van der Waals surface area contributed by atoms with E-state index in [4.69, 9.17) is 5.11 Å². The van der Waals surface area contributed by atoms with Crippen molar-refractivity contribution in [1.82, 2.24) is 14.8 Å². The van der Waals surface area contributed by atoms with Gasteiger partial charge in [-0.05, 0) is 55.8 Å². The van der Waals surface area contributed by atoms with Gasteiger partial charge in [-0.25, -0.2) is 9.78 Å². The van der Waals surface area contributed by atoms with Crippen molar-refractivity contribution in [3.8, 4) is 0 Å². The first-order valence-corrected chi connectivity index (χ1v) is 11.1. The molecule has 0 radical (unpaired) electrons. The Labute approximate surface area is 205 Å². The molecular weight excluding hydrogens is 529 g/mol. The van der Waals surface area contributed by atoms with Crippen LogP contribution in [0.3, 0.4) is 0 Å². The number of aromatic carboxylic acids is 1. The lowest BCUT2D eigenvalue weighted by atomic mass is 10.1. The molecule has 2 heterocycles. The number of pyridine rings is 1. The highest BCUT2D eigenvalue weighted by atomic mass is 79.9. The van der Waals surface area contributed by atoms with E-state index in [1.54, 1.807) is 42.8 Å². The Balaban J connectivity index is 1.67. The zero-order valence-electron chi connectivity index (χ0n) is 18.4. The minimum atomic E-state index is -4.72. The summed E-state index contributed by atoms with van der Waals surface area (Å²) in [5.74, 6) is -1.76. The first kappa shape index (κ1) is 24.4. The average Bonchev–Trinajstić information content (AvgIpc) is 3.05. The van der Waals surface area contributed by atoms with Crippen LogP contribution in [0.2, 0.25) is 0 Å². The number of benzene rings is 2. The number of nitrogens with one attached hydrogen (secondary N) is 1. The minimum Gasteiger partial charge on any atom is -0.478 e. The van der Waals surface area contributed by atoms with Gasteiger partial charge in [0.05, 0.1) is 40.3 Å². The predicted octanol–water partition coefficient (Wildman–Crippen LogP) is 5.83. The van der Waals surface area contributed by atoms with E-state index in [2.05, 4.69) is 31.3 Å². The van der Waals surface area contributed by atoms with Crippen LogP contribution in [0.15, 0.2) is 53.0 Å². The number of amides is 1. The Morgan fingerprint density at radius 3 is 2.40 bits per heavy atom. The Morgan fingerprint density at radius 1 is 1.09 bits per heavy atom. The van der Waals surface area contributed by atoms with Crippen LogP contribution < -0.4 is 5.32 Å². The van der Waals surface area contributed by atoms with Crippen molar-refractivity contribution < 1.29 is 27.9 Å². The highest BCUT2D eigenvalue weighted by Gasteiger charge is 2.34. The molecule has 0 aliphatic rings. The number of hydrogen-bond acceptors (Lipinski definition) is 4. The fourth-order valence-corrected chi connectivity index (χ4v) is 4.03. The summed E-state index contributed by atoms with van der Waals surface area (Å²) in [5, 5.41) is 16.4. The van der Waals surface area contributed by atoms with Gasteiger partial charge in [0.25, 0.3) is 5.91 Å². The second-order valence-electron chi connectivity index (χ2n) is 7.87. The van der Waals surface area contributed by atoms with Crippen LogP contribution in [0.1, 0.15) is 43.4 Å². The molecule has 0 aliphatic carbocycles. The number of hydrogen-bond donors (Lipinski definition) is 2. The molecule has 1 amide bonds. The van der Waals surface area contributed by atoms with Crippen LogP contribution in [0.5, 0.6) is 0 Å². The van der Waals surface area contributed by atoms with E-state index in [9.17, 15) is 22.8 Å². The number of carboxylic acids is 1. The fraction of sp³-hybridized carbons (Fsp3) is 0.167. The summed E-state index contributed by atoms with van der Waals surface area (Å²) in [6.07, 6.45) is -4.72. The van der Waals surface area contributed by atoms with Gasteiger partial charge >= 0.3 is 12.1 Å². The quantitative estimate of drug-likeness (QED) is 0.328. The van der Waals surface area contributed by atoms with Gasteiger partial charge in [0.1, 0.15) is 5.69 Å². The standard InChI is InChI=1S/C24H18BrF3N4O3/c1-12-21(13(2)32(31-12)11-14-3-5-15(6-4-14)23(34)35)30-22(33)18-10-20(24(26,27)28)29-19-8-7-16(25)9-17(18)19/h3-10H,11H2,1-2H3,(H,30,33)(H,34,35). The van der Waals surface area contributed by atoms with Gasteiger partial charge in [0.15, 0.2) is 0 Å². The van der Waals surface area contributed by atoms with E-state index >= 15 is 0 Å². The molecule has 180 valence electrons. The molecule has 4 rings (SSSR count). The summed E-state index contributed by atoms with van der Waals surface area (Å²) < 4.78 is 42.5. The maximum absolute atomic E-state index is 13.4. The molecule has 2 aromatic carbocycles. The van der Waals surface area contributed by atoms with Gasteiger partial charge in [-0.2, -0.15) is 18.3 Å². The second-order valence-corrected chi connectivity index (χ2v) is 8.79. The molecule has 0 saturated heterocycles. The number of carbonyl (C=O) groups excluding carboxylic acids is 1. The number of alkyl halides is 3. The predicted molar refractivity (Wildman–Crippen MR) is 127 cm³/mol. The molecule has 7 nitrogen and oxygen atoms in total. The second kappa shape index (κ2) is 9.14. The van der Waals surface area contributed by atoms with E-state index in [1.807, 2.05) is 0 Å². The molecule has 4 aromatic rings. The summed E-state index contributed by atoms with van der Waals surface area (Å²) in [7, 11) is 0. The van der Waals surface area contributed by atoms with E-state index in [-0.39, 0.29) is 22.0 Å². The molecule has 0 spiro atoms. The third-order valence-corrected chi connectivity index (χ3v) is 5.95. The molecule has 0 aliphatic heterocycles. The van der Waals surface area contributed by atoms with Crippen LogP contribution in [-0.2, 0) is 12.7 Å². The Hall–Kier alpha value is -3.73. The number of carbonyl (C=O) groups is 2. The lowest BCUT2D eigenvalue weighted by molar-refractivity contribution is -0.141. The van der Waals surface area contributed by atoms with Crippen molar-refractivity contribution in [2.24, 2.45) is 0 Å². The smallest absolute Gasteiger partial charge is 0.433 e. The molecule has 2 aromatic heterocycles. The fourth-order valence-electron chi connectivity index (χ4n) is 3.67. The van der Waals surface area contributed by atoms with Crippen LogP contribution in [-0.4, -0.2) is 31.7 Å². The number of anilines is 1. The highest BCUT2D eigenvalue weighted by Crippen LogP contribution is 2.32. The summed E-state index contributed by atoms with van der Waals surface area (Å²) >= 11 is 3.28. The number of aromatic nitrogens is 3. The molecule has 0 saturated carbocycles. The molecule has 0 atom stereocenters. The van der Waals surface area contributed by atoms with Crippen molar-refractivity contribution in [2.75, 3.05) is 5.32 Å². The van der Waals surface area contributed by atoms with E-state index < -0.39 is 23.7 Å². The molecular formula is C24H18BrF3N4O3. The van der Waals surface area contributed by atoms with Crippen molar-refractivity contribution in [3.63, 3.8) is 0 Å². The van der Waals surface area contributed by atoms with E-state index in [0.29, 0.717) is 28.1 Å². The van der Waals surface area contributed by atoms with E-state index in [1.165, 1.54) is 18.2 Å². The number of halogens is 4. The summed E-state index contributed by atoms with van der Waals surface area (Å²) in [4.78, 5) is 27.9. The molecule has 0 unspecified atom stereocenters. The van der Waals surface area contributed by atoms with Crippen LogP contribution in [0, 0.1) is 13.8 Å².